The predicted octanol–water partition coefficient (Wildman–Crippen LogP) is 4.46. The van der Waals surface area contributed by atoms with Crippen LogP contribution in [0.4, 0.5) is 4.39 Å². The number of nitrogens with one attached hydrogen (secondary N) is 1. The van der Waals surface area contributed by atoms with Crippen molar-refractivity contribution in [1.82, 2.24) is 5.32 Å². The van der Waals surface area contributed by atoms with E-state index in [0.717, 1.165) is 17.9 Å². The molecule has 0 heterocycles. The van der Waals surface area contributed by atoms with E-state index in [0.29, 0.717) is 0 Å². The van der Waals surface area contributed by atoms with Crippen molar-refractivity contribution in [2.24, 2.45) is 0 Å². The van der Waals surface area contributed by atoms with Gasteiger partial charge in [0.15, 0.2) is 0 Å². The van der Waals surface area contributed by atoms with Gasteiger partial charge in [-0.05, 0) is 56.2 Å². The maximum absolute atomic E-state index is 12.9. The zero-order valence-corrected chi connectivity index (χ0v) is 12.8. The smallest absolute Gasteiger partial charge is 0.123 e. The number of halogens is 1. The van der Waals surface area contributed by atoms with Crippen LogP contribution < -0.4 is 10.1 Å². The topological polar surface area (TPSA) is 21.3 Å². The van der Waals surface area contributed by atoms with Gasteiger partial charge in [0.25, 0.3) is 0 Å². The predicted molar refractivity (Wildman–Crippen MR) is 83.9 cm³/mol. The summed E-state index contributed by atoms with van der Waals surface area (Å²) in [6.45, 7) is 6.85. The summed E-state index contributed by atoms with van der Waals surface area (Å²) in [6, 6.07) is 14.8. The number of rotatable bonds is 6. The van der Waals surface area contributed by atoms with Crippen LogP contribution in [0.1, 0.15) is 37.9 Å². The molecule has 1 N–H and O–H groups in total. The van der Waals surface area contributed by atoms with Crippen molar-refractivity contribution in [3.63, 3.8) is 0 Å². The van der Waals surface area contributed by atoms with Crippen LogP contribution in [-0.2, 0) is 6.54 Å². The van der Waals surface area contributed by atoms with Gasteiger partial charge in [0.1, 0.15) is 11.6 Å². The number of hydrogen-bond acceptors (Lipinski definition) is 2. The van der Waals surface area contributed by atoms with E-state index in [-0.39, 0.29) is 18.0 Å². The van der Waals surface area contributed by atoms with E-state index in [1.165, 1.54) is 17.7 Å². The van der Waals surface area contributed by atoms with E-state index in [1.807, 2.05) is 44.2 Å². The largest absolute Gasteiger partial charge is 0.491 e. The second kappa shape index (κ2) is 7.23. The molecular formula is C18H22FNO. The highest BCUT2D eigenvalue weighted by Gasteiger charge is 2.06. The van der Waals surface area contributed by atoms with Gasteiger partial charge in [0, 0.05) is 12.6 Å². The van der Waals surface area contributed by atoms with Crippen molar-refractivity contribution in [3.8, 4) is 5.75 Å². The van der Waals surface area contributed by atoms with Crippen LogP contribution in [0.15, 0.2) is 48.5 Å². The Morgan fingerprint density at radius 2 is 1.76 bits per heavy atom. The lowest BCUT2D eigenvalue weighted by atomic mass is 10.1. The summed E-state index contributed by atoms with van der Waals surface area (Å²) in [5, 5.41) is 3.44. The lowest BCUT2D eigenvalue weighted by molar-refractivity contribution is 0.242. The summed E-state index contributed by atoms with van der Waals surface area (Å²) in [5.41, 5.74) is 2.24. The summed E-state index contributed by atoms with van der Waals surface area (Å²) in [6.07, 6.45) is 0.173. The highest BCUT2D eigenvalue weighted by Crippen LogP contribution is 2.17. The average molecular weight is 287 g/mol. The molecule has 2 nitrogen and oxygen atoms in total. The van der Waals surface area contributed by atoms with Gasteiger partial charge in [-0.1, -0.05) is 24.3 Å². The lowest BCUT2D eigenvalue weighted by Crippen LogP contribution is -2.18. The molecule has 0 amide bonds. The minimum atomic E-state index is -0.204. The Balaban J connectivity index is 1.94. The molecule has 2 aromatic carbocycles. The quantitative estimate of drug-likeness (QED) is 0.846. The highest BCUT2D eigenvalue weighted by atomic mass is 19.1. The molecule has 0 aliphatic heterocycles. The van der Waals surface area contributed by atoms with Crippen molar-refractivity contribution in [3.05, 3.63) is 65.5 Å². The van der Waals surface area contributed by atoms with Gasteiger partial charge in [-0.3, -0.25) is 0 Å². The van der Waals surface area contributed by atoms with Gasteiger partial charge in [-0.15, -0.1) is 0 Å². The Kier molecular flexibility index (Phi) is 5.34. The highest BCUT2D eigenvalue weighted by molar-refractivity contribution is 5.29. The second-order valence-corrected chi connectivity index (χ2v) is 5.47. The summed E-state index contributed by atoms with van der Waals surface area (Å²) >= 11 is 0. The Hall–Kier alpha value is -1.87. The SMILES string of the molecule is CC(C)Oc1cccc(CN[C@H](C)c2ccc(F)cc2)c1. The van der Waals surface area contributed by atoms with Gasteiger partial charge in [-0.2, -0.15) is 0 Å². The Morgan fingerprint density at radius 1 is 1.05 bits per heavy atom. The van der Waals surface area contributed by atoms with Crippen molar-refractivity contribution in [1.29, 1.82) is 0 Å². The molecule has 0 fully saturated rings. The summed E-state index contributed by atoms with van der Waals surface area (Å²) in [4.78, 5) is 0. The molecule has 0 saturated heterocycles. The molecular weight excluding hydrogens is 265 g/mol. The van der Waals surface area contributed by atoms with Gasteiger partial charge in [-0.25, -0.2) is 4.39 Å². The monoisotopic (exact) mass is 287 g/mol. The van der Waals surface area contributed by atoms with Crippen LogP contribution >= 0.6 is 0 Å². The standard InChI is InChI=1S/C18H22FNO/c1-13(2)21-18-6-4-5-15(11-18)12-20-14(3)16-7-9-17(19)10-8-16/h4-11,13-14,20H,12H2,1-3H3/t14-/m1/s1. The second-order valence-electron chi connectivity index (χ2n) is 5.47. The van der Waals surface area contributed by atoms with Crippen molar-refractivity contribution in [2.75, 3.05) is 0 Å². The van der Waals surface area contributed by atoms with E-state index in [9.17, 15) is 4.39 Å². The molecule has 0 spiro atoms. The number of ether oxygens (including phenoxy) is 1. The molecule has 0 radical (unpaired) electrons. The zero-order valence-electron chi connectivity index (χ0n) is 12.8. The fourth-order valence-corrected chi connectivity index (χ4v) is 2.14. The van der Waals surface area contributed by atoms with Crippen molar-refractivity contribution in [2.45, 2.75) is 39.5 Å². The molecule has 3 heteroatoms. The maximum Gasteiger partial charge on any atom is 0.123 e. The van der Waals surface area contributed by atoms with Gasteiger partial charge >= 0.3 is 0 Å². The maximum atomic E-state index is 12.9. The molecule has 0 saturated carbocycles. The third-order valence-corrected chi connectivity index (χ3v) is 3.25. The first-order chi connectivity index (χ1) is 10.0. The normalized spacial score (nSPS) is 12.4. The third-order valence-electron chi connectivity index (χ3n) is 3.25. The first-order valence-corrected chi connectivity index (χ1v) is 7.29. The van der Waals surface area contributed by atoms with Gasteiger partial charge in [0.2, 0.25) is 0 Å². The average Bonchev–Trinajstić information content (AvgIpc) is 2.45. The van der Waals surface area contributed by atoms with E-state index >= 15 is 0 Å². The minimum Gasteiger partial charge on any atom is -0.491 e. The lowest BCUT2D eigenvalue weighted by Gasteiger charge is -2.15. The van der Waals surface area contributed by atoms with Crippen LogP contribution in [0.25, 0.3) is 0 Å². The van der Waals surface area contributed by atoms with E-state index < -0.39 is 0 Å². The number of benzene rings is 2. The fourth-order valence-electron chi connectivity index (χ4n) is 2.14. The molecule has 0 aliphatic rings. The van der Waals surface area contributed by atoms with Crippen molar-refractivity contribution >= 4 is 0 Å². The fraction of sp³-hybridized carbons (Fsp3) is 0.333. The first-order valence-electron chi connectivity index (χ1n) is 7.29. The molecule has 2 aromatic rings. The Labute approximate surface area is 126 Å². The number of hydrogen-bond donors (Lipinski definition) is 1. The molecule has 0 bridgehead atoms. The molecule has 0 aromatic heterocycles. The zero-order chi connectivity index (χ0) is 15.2. The van der Waals surface area contributed by atoms with Crippen molar-refractivity contribution < 1.29 is 9.13 Å². The van der Waals surface area contributed by atoms with Crippen LogP contribution in [0, 0.1) is 5.82 Å². The Morgan fingerprint density at radius 3 is 2.43 bits per heavy atom. The molecule has 2 rings (SSSR count). The van der Waals surface area contributed by atoms with E-state index in [1.54, 1.807) is 0 Å². The molecule has 112 valence electrons. The van der Waals surface area contributed by atoms with Gasteiger partial charge in [0.05, 0.1) is 6.10 Å². The van der Waals surface area contributed by atoms with Gasteiger partial charge < -0.3 is 10.1 Å². The first kappa shape index (κ1) is 15.5. The van der Waals surface area contributed by atoms with Crippen LogP contribution in [0.5, 0.6) is 5.75 Å². The summed E-state index contributed by atoms with van der Waals surface area (Å²) in [7, 11) is 0. The molecule has 1 atom stereocenters. The van der Waals surface area contributed by atoms with Crippen LogP contribution in [0.2, 0.25) is 0 Å². The van der Waals surface area contributed by atoms with E-state index in [4.69, 9.17) is 4.74 Å². The molecule has 0 aliphatic carbocycles. The summed E-state index contributed by atoms with van der Waals surface area (Å²) in [5.74, 6) is 0.684. The summed E-state index contributed by atoms with van der Waals surface area (Å²) < 4.78 is 18.6. The minimum absolute atomic E-state index is 0.167. The van der Waals surface area contributed by atoms with Crippen LogP contribution in [-0.4, -0.2) is 6.10 Å². The third kappa shape index (κ3) is 4.87. The van der Waals surface area contributed by atoms with E-state index in [2.05, 4.69) is 18.3 Å². The molecule has 0 unspecified atom stereocenters. The molecule has 21 heavy (non-hydrogen) atoms. The van der Waals surface area contributed by atoms with Crippen LogP contribution in [0.3, 0.4) is 0 Å². The Bertz CT molecular complexity index is 566.